The Morgan fingerprint density at radius 2 is 2.11 bits per heavy atom. The van der Waals surface area contributed by atoms with E-state index in [-0.39, 0.29) is 0 Å². The molecule has 0 spiro atoms. The number of allylic oxidation sites excluding steroid dienone is 3. The van der Waals surface area contributed by atoms with Crippen molar-refractivity contribution in [2.75, 3.05) is 13.6 Å². The van der Waals surface area contributed by atoms with Gasteiger partial charge in [-0.3, -0.25) is 15.0 Å². The van der Waals surface area contributed by atoms with E-state index >= 15 is 0 Å². The van der Waals surface area contributed by atoms with Crippen molar-refractivity contribution in [1.29, 1.82) is 0 Å². The largest absolute Gasteiger partial charge is 0.385 e. The SMILES string of the molecule is CCCCC(CC)C1=N/C(C)=C(\NC)C=NCC/C(NCc2cccnc2)=C\1. The van der Waals surface area contributed by atoms with Crippen LogP contribution in [-0.4, -0.2) is 30.5 Å². The molecule has 0 fully saturated rings. The molecule has 1 aromatic rings. The zero-order valence-electron chi connectivity index (χ0n) is 17.8. The minimum atomic E-state index is 0.472. The second-order valence-electron chi connectivity index (χ2n) is 7.20. The van der Waals surface area contributed by atoms with E-state index in [0.29, 0.717) is 5.92 Å². The first-order chi connectivity index (χ1) is 13.7. The Bertz CT molecular complexity index is 716. The van der Waals surface area contributed by atoms with Crippen LogP contribution in [0.5, 0.6) is 0 Å². The van der Waals surface area contributed by atoms with E-state index in [1.165, 1.54) is 36.2 Å². The minimum Gasteiger partial charge on any atom is -0.385 e. The summed E-state index contributed by atoms with van der Waals surface area (Å²) in [5.41, 5.74) is 5.51. The molecule has 2 heterocycles. The van der Waals surface area contributed by atoms with E-state index in [0.717, 1.165) is 37.3 Å². The summed E-state index contributed by atoms with van der Waals surface area (Å²) in [5, 5.41) is 6.82. The summed E-state index contributed by atoms with van der Waals surface area (Å²) < 4.78 is 0. The van der Waals surface area contributed by atoms with Crippen LogP contribution < -0.4 is 10.6 Å². The van der Waals surface area contributed by atoms with Gasteiger partial charge in [-0.05, 0) is 37.5 Å². The summed E-state index contributed by atoms with van der Waals surface area (Å²) in [6.07, 6.45) is 13.5. The lowest BCUT2D eigenvalue weighted by molar-refractivity contribution is 0.568. The standard InChI is InChI=1S/C23H35N5/c1-5-7-10-20(6-2)22-14-21(27-16-19-9-8-12-25-15-19)11-13-26-17-23(24-4)18(3)28-22/h8-9,12,14-15,17,20,24,27H,5-7,10-11,13,16H2,1-4H3/b21-14+,23-18-,26-17?,28-22+. The second kappa shape index (κ2) is 12.1. The summed E-state index contributed by atoms with van der Waals surface area (Å²) in [7, 11) is 1.93. The first-order valence-corrected chi connectivity index (χ1v) is 10.5. The summed E-state index contributed by atoms with van der Waals surface area (Å²) >= 11 is 0. The smallest absolute Gasteiger partial charge is 0.0734 e. The zero-order valence-corrected chi connectivity index (χ0v) is 17.8. The first kappa shape index (κ1) is 21.9. The van der Waals surface area contributed by atoms with Crippen LogP contribution in [0.3, 0.4) is 0 Å². The van der Waals surface area contributed by atoms with Crippen molar-refractivity contribution in [3.8, 4) is 0 Å². The lowest BCUT2D eigenvalue weighted by Crippen LogP contribution is -2.20. The van der Waals surface area contributed by atoms with Crippen molar-refractivity contribution in [1.82, 2.24) is 15.6 Å². The Morgan fingerprint density at radius 1 is 1.25 bits per heavy atom. The topological polar surface area (TPSA) is 61.7 Å². The average Bonchev–Trinajstić information content (AvgIpc) is 2.72. The van der Waals surface area contributed by atoms with Gasteiger partial charge >= 0.3 is 0 Å². The minimum absolute atomic E-state index is 0.472. The average molecular weight is 382 g/mol. The third-order valence-corrected chi connectivity index (χ3v) is 5.07. The Balaban J connectivity index is 2.33. The monoisotopic (exact) mass is 381 g/mol. The van der Waals surface area contributed by atoms with E-state index in [9.17, 15) is 0 Å². The Kier molecular flexibility index (Phi) is 9.46. The fourth-order valence-corrected chi connectivity index (χ4v) is 3.30. The molecule has 0 bridgehead atoms. The number of hydrogen-bond acceptors (Lipinski definition) is 5. The van der Waals surface area contributed by atoms with E-state index in [2.05, 4.69) is 53.5 Å². The second-order valence-corrected chi connectivity index (χ2v) is 7.20. The Morgan fingerprint density at radius 3 is 2.79 bits per heavy atom. The molecule has 5 heteroatoms. The van der Waals surface area contributed by atoms with Gasteiger partial charge in [0.1, 0.15) is 0 Å². The molecule has 0 aromatic carbocycles. The number of nitrogens with zero attached hydrogens (tertiary/aromatic N) is 3. The predicted molar refractivity (Wildman–Crippen MR) is 120 cm³/mol. The lowest BCUT2D eigenvalue weighted by Gasteiger charge is -2.19. The molecule has 152 valence electrons. The summed E-state index contributed by atoms with van der Waals surface area (Å²) in [6, 6.07) is 4.07. The zero-order chi connectivity index (χ0) is 20.2. The van der Waals surface area contributed by atoms with Crippen LogP contribution in [0, 0.1) is 5.92 Å². The van der Waals surface area contributed by atoms with Gasteiger partial charge in [-0.1, -0.05) is 32.8 Å². The third-order valence-electron chi connectivity index (χ3n) is 5.07. The molecule has 5 nitrogen and oxygen atoms in total. The molecule has 0 aliphatic carbocycles. The molecule has 1 aliphatic heterocycles. The van der Waals surface area contributed by atoms with Crippen molar-refractivity contribution < 1.29 is 0 Å². The molecule has 1 aliphatic rings. The van der Waals surface area contributed by atoms with Crippen LogP contribution >= 0.6 is 0 Å². The lowest BCUT2D eigenvalue weighted by atomic mass is 9.92. The highest BCUT2D eigenvalue weighted by atomic mass is 14.9. The molecule has 0 saturated heterocycles. The number of hydrogen-bond donors (Lipinski definition) is 2. The normalized spacial score (nSPS) is 22.6. The predicted octanol–water partition coefficient (Wildman–Crippen LogP) is 4.64. The molecule has 1 aromatic heterocycles. The van der Waals surface area contributed by atoms with Crippen molar-refractivity contribution in [3.63, 3.8) is 0 Å². The highest BCUT2D eigenvalue weighted by Crippen LogP contribution is 2.19. The van der Waals surface area contributed by atoms with Crippen LogP contribution in [-0.2, 0) is 6.54 Å². The van der Waals surface area contributed by atoms with Gasteiger partial charge in [-0.15, -0.1) is 0 Å². The molecular formula is C23H35N5. The van der Waals surface area contributed by atoms with Gasteiger partial charge in [-0.25, -0.2) is 0 Å². The Hall–Kier alpha value is -2.43. The van der Waals surface area contributed by atoms with Crippen molar-refractivity contribution in [2.24, 2.45) is 15.9 Å². The first-order valence-electron chi connectivity index (χ1n) is 10.5. The fourth-order valence-electron chi connectivity index (χ4n) is 3.30. The van der Waals surface area contributed by atoms with Crippen LogP contribution in [0.2, 0.25) is 0 Å². The number of aromatic nitrogens is 1. The molecule has 28 heavy (non-hydrogen) atoms. The van der Waals surface area contributed by atoms with E-state index in [1.54, 1.807) is 6.20 Å². The molecule has 1 atom stereocenters. The summed E-state index contributed by atoms with van der Waals surface area (Å²) in [5.74, 6) is 0.472. The molecule has 0 amide bonds. The molecule has 0 radical (unpaired) electrons. The maximum absolute atomic E-state index is 5.03. The number of nitrogens with one attached hydrogen (secondary N) is 2. The molecule has 1 unspecified atom stereocenters. The quantitative estimate of drug-likeness (QED) is 0.655. The van der Waals surface area contributed by atoms with Gasteiger partial charge in [0.15, 0.2) is 0 Å². The number of aliphatic imine (C=N–C) groups is 2. The Labute approximate surface area is 170 Å². The molecule has 0 saturated carbocycles. The highest BCUT2D eigenvalue weighted by Gasteiger charge is 2.15. The van der Waals surface area contributed by atoms with Crippen LogP contribution in [0.15, 0.2) is 57.7 Å². The molecular weight excluding hydrogens is 346 g/mol. The van der Waals surface area contributed by atoms with E-state index < -0.39 is 0 Å². The van der Waals surface area contributed by atoms with Gasteiger partial charge in [0, 0.05) is 62.5 Å². The van der Waals surface area contributed by atoms with Gasteiger partial charge in [0.2, 0.25) is 0 Å². The van der Waals surface area contributed by atoms with Crippen LogP contribution in [0.1, 0.15) is 58.4 Å². The van der Waals surface area contributed by atoms with Gasteiger partial charge < -0.3 is 10.6 Å². The van der Waals surface area contributed by atoms with Crippen molar-refractivity contribution in [2.45, 2.75) is 59.4 Å². The molecule has 2 rings (SSSR count). The maximum atomic E-state index is 5.03. The van der Waals surface area contributed by atoms with E-state index in [1.807, 2.05) is 25.5 Å². The van der Waals surface area contributed by atoms with Gasteiger partial charge in [0.05, 0.1) is 11.4 Å². The van der Waals surface area contributed by atoms with Crippen molar-refractivity contribution >= 4 is 11.9 Å². The fraction of sp³-hybridized carbons (Fsp3) is 0.522. The highest BCUT2D eigenvalue weighted by molar-refractivity contribution is 5.98. The number of pyridine rings is 1. The number of unbranched alkanes of at least 4 members (excludes halogenated alkanes) is 1. The van der Waals surface area contributed by atoms with E-state index in [4.69, 9.17) is 4.99 Å². The summed E-state index contributed by atoms with van der Waals surface area (Å²) in [6.45, 7) is 8.09. The number of rotatable bonds is 9. The molecule has 2 N–H and O–H groups in total. The van der Waals surface area contributed by atoms with Crippen molar-refractivity contribution in [3.05, 3.63) is 53.3 Å². The summed E-state index contributed by atoms with van der Waals surface area (Å²) in [4.78, 5) is 13.8. The van der Waals surface area contributed by atoms with Gasteiger partial charge in [0.25, 0.3) is 0 Å². The van der Waals surface area contributed by atoms with Crippen LogP contribution in [0.25, 0.3) is 0 Å². The van der Waals surface area contributed by atoms with Gasteiger partial charge in [-0.2, -0.15) is 0 Å². The third kappa shape index (κ3) is 6.95. The maximum Gasteiger partial charge on any atom is 0.0734 e. The van der Waals surface area contributed by atoms with Crippen LogP contribution in [0.4, 0.5) is 0 Å².